The van der Waals surface area contributed by atoms with Crippen LogP contribution in [-0.2, 0) is 23.7 Å². The third-order valence-electron chi connectivity index (χ3n) is 1.44. The minimum Gasteiger partial charge on any atom is -0.481 e. The summed E-state index contributed by atoms with van der Waals surface area (Å²) < 4.78 is 19.8. The molecule has 0 bridgehead atoms. The predicted octanol–water partition coefficient (Wildman–Crippen LogP) is 0.705. The summed E-state index contributed by atoms with van der Waals surface area (Å²) >= 11 is 0. The van der Waals surface area contributed by atoms with Gasteiger partial charge in [-0.1, -0.05) is 0 Å². The van der Waals surface area contributed by atoms with Crippen LogP contribution >= 0.6 is 0 Å². The van der Waals surface area contributed by atoms with Crippen molar-refractivity contribution in [2.75, 3.05) is 28.4 Å². The fourth-order valence-electron chi connectivity index (χ4n) is 0.734. The number of methoxy groups -OCH3 is 4. The lowest BCUT2D eigenvalue weighted by Gasteiger charge is -2.18. The average molecular weight is 224 g/mol. The summed E-state index contributed by atoms with van der Waals surface area (Å²) in [7, 11) is 6.32. The number of carboxylic acids is 1. The fourth-order valence-corrected chi connectivity index (χ4v) is 0.734. The van der Waals surface area contributed by atoms with Crippen molar-refractivity contribution in [2.45, 2.75) is 25.9 Å². The molecule has 0 rings (SSSR count). The molecule has 0 aromatic carbocycles. The van der Waals surface area contributed by atoms with Gasteiger partial charge in [-0.25, -0.2) is 0 Å². The Morgan fingerprint density at radius 2 is 1.20 bits per heavy atom. The Morgan fingerprint density at radius 1 is 1.00 bits per heavy atom. The zero-order valence-electron chi connectivity index (χ0n) is 9.85. The molecule has 92 valence electrons. The van der Waals surface area contributed by atoms with Crippen LogP contribution in [0.15, 0.2) is 0 Å². The Morgan fingerprint density at radius 3 is 1.33 bits per heavy atom. The summed E-state index contributed by atoms with van der Waals surface area (Å²) in [6, 6.07) is 0. The van der Waals surface area contributed by atoms with Gasteiger partial charge in [0.05, 0.1) is 0 Å². The Balaban J connectivity index is 0. The van der Waals surface area contributed by atoms with Crippen molar-refractivity contribution in [3.05, 3.63) is 0 Å². The summed E-state index contributed by atoms with van der Waals surface area (Å²) in [5.74, 6) is -0.833. The standard InChI is InChI=1S/C7H16O4.C2H4O2/c1-8-6(9-2)5-7(10-3)11-4;1-2(3)4/h6-7H,5H2,1-4H3;1H3,(H,3,4). The molecule has 15 heavy (non-hydrogen) atoms. The van der Waals surface area contributed by atoms with Crippen molar-refractivity contribution in [3.8, 4) is 0 Å². The number of ether oxygens (including phenoxy) is 4. The number of hydrogen-bond acceptors (Lipinski definition) is 5. The highest BCUT2D eigenvalue weighted by Crippen LogP contribution is 2.05. The van der Waals surface area contributed by atoms with Crippen molar-refractivity contribution >= 4 is 5.97 Å². The Labute approximate surface area is 90.1 Å². The van der Waals surface area contributed by atoms with Crippen LogP contribution in [0.1, 0.15) is 13.3 Å². The fraction of sp³-hybridized carbons (Fsp3) is 0.889. The molecule has 0 saturated heterocycles. The molecule has 6 nitrogen and oxygen atoms in total. The third kappa shape index (κ3) is 13.3. The Hall–Kier alpha value is -0.690. The van der Waals surface area contributed by atoms with Gasteiger partial charge in [0.2, 0.25) is 0 Å². The summed E-state index contributed by atoms with van der Waals surface area (Å²) in [6.07, 6.45) is 0.0415. The molecular weight excluding hydrogens is 204 g/mol. The molecule has 0 aromatic rings. The second-order valence-corrected chi connectivity index (χ2v) is 2.56. The number of rotatable bonds is 6. The minimum atomic E-state index is -0.833. The van der Waals surface area contributed by atoms with Gasteiger partial charge in [-0.15, -0.1) is 0 Å². The van der Waals surface area contributed by atoms with Crippen LogP contribution in [0.3, 0.4) is 0 Å². The molecule has 0 spiro atoms. The van der Waals surface area contributed by atoms with E-state index in [4.69, 9.17) is 28.8 Å². The first kappa shape index (κ1) is 16.7. The Kier molecular flexibility index (Phi) is 12.7. The zero-order chi connectivity index (χ0) is 12.3. The molecule has 0 amide bonds. The van der Waals surface area contributed by atoms with Gasteiger partial charge in [-0.2, -0.15) is 0 Å². The summed E-state index contributed by atoms with van der Waals surface area (Å²) in [5.41, 5.74) is 0. The van der Waals surface area contributed by atoms with Gasteiger partial charge in [-0.3, -0.25) is 4.79 Å². The molecule has 0 saturated carbocycles. The molecule has 0 aromatic heterocycles. The van der Waals surface area contributed by atoms with Crippen LogP contribution < -0.4 is 0 Å². The topological polar surface area (TPSA) is 74.2 Å². The molecule has 0 aliphatic carbocycles. The molecule has 0 unspecified atom stereocenters. The van der Waals surface area contributed by atoms with Gasteiger partial charge < -0.3 is 24.1 Å². The van der Waals surface area contributed by atoms with E-state index in [2.05, 4.69) is 0 Å². The number of carboxylic acid groups (broad SMARTS) is 1. The highest BCUT2D eigenvalue weighted by molar-refractivity contribution is 5.62. The van der Waals surface area contributed by atoms with Gasteiger partial charge in [0, 0.05) is 41.8 Å². The lowest BCUT2D eigenvalue weighted by molar-refractivity contribution is -0.178. The largest absolute Gasteiger partial charge is 0.481 e. The van der Waals surface area contributed by atoms with E-state index in [9.17, 15) is 0 Å². The van der Waals surface area contributed by atoms with E-state index in [1.165, 1.54) is 0 Å². The lowest BCUT2D eigenvalue weighted by Crippen LogP contribution is -2.24. The number of hydrogen-bond donors (Lipinski definition) is 1. The maximum atomic E-state index is 9.00. The minimum absolute atomic E-state index is 0.264. The van der Waals surface area contributed by atoms with Crippen LogP contribution in [0.25, 0.3) is 0 Å². The van der Waals surface area contributed by atoms with Crippen molar-refractivity contribution < 1.29 is 28.8 Å². The molecule has 1 N–H and O–H groups in total. The second kappa shape index (κ2) is 11.4. The van der Waals surface area contributed by atoms with Crippen molar-refractivity contribution in [1.29, 1.82) is 0 Å². The van der Waals surface area contributed by atoms with Gasteiger partial charge >= 0.3 is 0 Å². The van der Waals surface area contributed by atoms with Gasteiger partial charge in [0.25, 0.3) is 5.97 Å². The lowest BCUT2D eigenvalue weighted by atomic mass is 10.4. The molecule has 0 fully saturated rings. The first-order chi connectivity index (χ1) is 7.01. The summed E-state index contributed by atoms with van der Waals surface area (Å²) in [6.45, 7) is 1.08. The Bertz CT molecular complexity index is 128. The van der Waals surface area contributed by atoms with Crippen molar-refractivity contribution in [3.63, 3.8) is 0 Å². The molecule has 0 heterocycles. The summed E-state index contributed by atoms with van der Waals surface area (Å²) in [4.78, 5) is 9.00. The van der Waals surface area contributed by atoms with Crippen molar-refractivity contribution in [2.24, 2.45) is 0 Å². The van der Waals surface area contributed by atoms with E-state index in [0.717, 1.165) is 6.92 Å². The van der Waals surface area contributed by atoms with E-state index in [0.29, 0.717) is 6.42 Å². The number of carbonyl (C=O) groups is 1. The highest BCUT2D eigenvalue weighted by Gasteiger charge is 2.13. The van der Waals surface area contributed by atoms with Gasteiger partial charge in [-0.05, 0) is 0 Å². The normalized spacial score (nSPS) is 10.1. The SMILES string of the molecule is CC(=O)O.COC(CC(OC)OC)OC. The average Bonchev–Trinajstić information content (AvgIpc) is 2.19. The quantitative estimate of drug-likeness (QED) is 0.669. The molecule has 0 aliphatic heterocycles. The van der Waals surface area contributed by atoms with Crippen LogP contribution in [0.2, 0.25) is 0 Å². The van der Waals surface area contributed by atoms with E-state index in [1.807, 2.05) is 0 Å². The number of aliphatic carboxylic acids is 1. The first-order valence-corrected chi connectivity index (χ1v) is 4.32. The third-order valence-corrected chi connectivity index (χ3v) is 1.44. The second-order valence-electron chi connectivity index (χ2n) is 2.56. The van der Waals surface area contributed by atoms with E-state index >= 15 is 0 Å². The maximum Gasteiger partial charge on any atom is 0.300 e. The molecule has 0 atom stereocenters. The van der Waals surface area contributed by atoms with Crippen molar-refractivity contribution in [1.82, 2.24) is 0 Å². The molecule has 0 aliphatic rings. The van der Waals surface area contributed by atoms with E-state index < -0.39 is 5.97 Å². The van der Waals surface area contributed by atoms with Crippen LogP contribution in [-0.4, -0.2) is 52.1 Å². The monoisotopic (exact) mass is 224 g/mol. The molecular formula is C9H20O6. The first-order valence-electron chi connectivity index (χ1n) is 4.32. The maximum absolute atomic E-state index is 9.00. The van der Waals surface area contributed by atoms with Gasteiger partial charge in [0.1, 0.15) is 0 Å². The highest BCUT2D eigenvalue weighted by atomic mass is 16.7. The van der Waals surface area contributed by atoms with Crippen LogP contribution in [0.4, 0.5) is 0 Å². The zero-order valence-corrected chi connectivity index (χ0v) is 9.85. The van der Waals surface area contributed by atoms with Crippen LogP contribution in [0, 0.1) is 0 Å². The molecule has 0 radical (unpaired) electrons. The van der Waals surface area contributed by atoms with Gasteiger partial charge in [0.15, 0.2) is 12.6 Å². The summed E-state index contributed by atoms with van der Waals surface area (Å²) in [5, 5.41) is 7.42. The van der Waals surface area contributed by atoms with E-state index in [1.54, 1.807) is 28.4 Å². The predicted molar refractivity (Wildman–Crippen MR) is 53.5 cm³/mol. The molecule has 6 heteroatoms. The van der Waals surface area contributed by atoms with E-state index in [-0.39, 0.29) is 12.6 Å². The van der Waals surface area contributed by atoms with Crippen LogP contribution in [0.5, 0.6) is 0 Å². The smallest absolute Gasteiger partial charge is 0.300 e.